The zero-order valence-electron chi connectivity index (χ0n) is 13.6. The van der Waals surface area contributed by atoms with Crippen LogP contribution in [0.15, 0.2) is 0 Å². The van der Waals surface area contributed by atoms with Crippen LogP contribution in [0.4, 0.5) is 0 Å². The maximum atomic E-state index is 8.42. The molecule has 0 aliphatic heterocycles. The molecule has 0 aromatic heterocycles. The molecule has 0 aliphatic carbocycles. The van der Waals surface area contributed by atoms with Crippen molar-refractivity contribution in [2.45, 2.75) is 90.9 Å². The number of aliphatic hydroxyl groups excluding tert-OH is 2. The number of hydrogen-bond donors (Lipinski definition) is 2. The van der Waals surface area contributed by atoms with Gasteiger partial charge in [0, 0.05) is 13.2 Å². The first-order valence-electron chi connectivity index (χ1n) is 8.23. The molecule has 123 valence electrons. The van der Waals surface area contributed by atoms with E-state index >= 15 is 0 Å². The van der Waals surface area contributed by atoms with Crippen molar-refractivity contribution >= 4 is 0 Å². The molecule has 4 heteroatoms. The second kappa shape index (κ2) is 31.6. The average molecular weight is 327 g/mol. The van der Waals surface area contributed by atoms with Crippen LogP contribution < -0.4 is 0 Å². The maximum absolute atomic E-state index is 8.42. The van der Waals surface area contributed by atoms with Gasteiger partial charge in [0.2, 0.25) is 0 Å². The SMILES string of the molecule is CCCCCCCCO.CCCCCCCCO.[O]=[V]. The first-order chi connectivity index (χ1) is 9.83. The number of hydrogen-bond acceptors (Lipinski definition) is 3. The van der Waals surface area contributed by atoms with Crippen LogP contribution in [0.1, 0.15) is 90.9 Å². The molecule has 0 radical (unpaired) electrons. The van der Waals surface area contributed by atoms with Crippen molar-refractivity contribution in [3.63, 3.8) is 0 Å². The first kappa shape index (κ1) is 25.3. The predicted octanol–water partition coefficient (Wildman–Crippen LogP) is 4.56. The number of unbranched alkanes of at least 4 members (excludes halogenated alkanes) is 10. The molecule has 0 saturated carbocycles. The van der Waals surface area contributed by atoms with E-state index in [1.54, 1.807) is 0 Å². The first-order valence-corrected chi connectivity index (χ1v) is 8.80. The van der Waals surface area contributed by atoms with Crippen molar-refractivity contribution in [1.82, 2.24) is 0 Å². The van der Waals surface area contributed by atoms with E-state index in [0.29, 0.717) is 13.2 Å². The summed E-state index contributed by atoms with van der Waals surface area (Å²) in [6.07, 6.45) is 15.0. The van der Waals surface area contributed by atoms with E-state index in [4.69, 9.17) is 13.9 Å². The molecule has 0 saturated heterocycles. The van der Waals surface area contributed by atoms with Crippen LogP contribution in [-0.2, 0) is 21.0 Å². The molecule has 0 rings (SSSR count). The summed E-state index contributed by atoms with van der Waals surface area (Å²) in [5.41, 5.74) is 0. The van der Waals surface area contributed by atoms with E-state index < -0.39 is 0 Å². The van der Waals surface area contributed by atoms with Crippen molar-refractivity contribution in [2.24, 2.45) is 0 Å². The van der Waals surface area contributed by atoms with Gasteiger partial charge in [0.05, 0.1) is 0 Å². The van der Waals surface area contributed by atoms with Crippen molar-refractivity contribution < 1.29 is 31.3 Å². The second-order valence-electron chi connectivity index (χ2n) is 4.98. The normalized spacial score (nSPS) is 9.15. The van der Waals surface area contributed by atoms with Crippen LogP contribution in [0.5, 0.6) is 0 Å². The van der Waals surface area contributed by atoms with Gasteiger partial charge in [-0.2, -0.15) is 0 Å². The van der Waals surface area contributed by atoms with E-state index in [0.717, 1.165) is 30.2 Å². The molecular formula is C16H36O3V. The van der Waals surface area contributed by atoms with Crippen molar-refractivity contribution in [3.8, 4) is 0 Å². The molecule has 0 spiro atoms. The Morgan fingerprint density at radius 2 is 0.800 bits per heavy atom. The zero-order valence-corrected chi connectivity index (χ0v) is 15.0. The molecule has 0 aromatic rings. The molecule has 0 heterocycles. The summed E-state index contributed by atoms with van der Waals surface area (Å²) in [6.45, 7) is 5.16. The molecule has 0 fully saturated rings. The van der Waals surface area contributed by atoms with Crippen LogP contribution in [0.3, 0.4) is 0 Å². The molecule has 20 heavy (non-hydrogen) atoms. The summed E-state index contributed by atoms with van der Waals surface area (Å²) >= 11 is 1.06. The van der Waals surface area contributed by atoms with E-state index in [2.05, 4.69) is 13.8 Å². The van der Waals surface area contributed by atoms with Crippen LogP contribution in [0.25, 0.3) is 0 Å². The summed E-state index contributed by atoms with van der Waals surface area (Å²) < 4.78 is 8.19. The Kier molecular flexibility index (Phi) is 39.9. The van der Waals surface area contributed by atoms with Gasteiger partial charge in [0.1, 0.15) is 0 Å². The van der Waals surface area contributed by atoms with Gasteiger partial charge < -0.3 is 10.2 Å². The zero-order chi connectivity index (χ0) is 15.9. The Labute approximate surface area is 135 Å². The van der Waals surface area contributed by atoms with E-state index in [1.165, 1.54) is 64.2 Å². The Hall–Kier alpha value is 0.304. The van der Waals surface area contributed by atoms with Crippen molar-refractivity contribution in [3.05, 3.63) is 0 Å². The monoisotopic (exact) mass is 327 g/mol. The molecular weight excluding hydrogens is 291 g/mol. The number of aliphatic hydroxyl groups is 2. The third-order valence-corrected chi connectivity index (χ3v) is 3.02. The van der Waals surface area contributed by atoms with Gasteiger partial charge in [-0.05, 0) is 12.8 Å². The van der Waals surface area contributed by atoms with Gasteiger partial charge in [0.15, 0.2) is 0 Å². The topological polar surface area (TPSA) is 57.5 Å². The quantitative estimate of drug-likeness (QED) is 0.517. The fourth-order valence-corrected chi connectivity index (χ4v) is 1.78. The van der Waals surface area contributed by atoms with Crippen molar-refractivity contribution in [2.75, 3.05) is 13.2 Å². The molecule has 3 nitrogen and oxygen atoms in total. The Bertz CT molecular complexity index is 109. The molecule has 0 aromatic carbocycles. The molecule has 0 bridgehead atoms. The second-order valence-corrected chi connectivity index (χ2v) is 4.98. The molecule has 0 amide bonds. The van der Waals surface area contributed by atoms with Crippen molar-refractivity contribution in [1.29, 1.82) is 0 Å². The van der Waals surface area contributed by atoms with E-state index in [9.17, 15) is 0 Å². The van der Waals surface area contributed by atoms with E-state index in [-0.39, 0.29) is 0 Å². The minimum atomic E-state index is 0.367. The average Bonchev–Trinajstić information content (AvgIpc) is 2.50. The molecule has 0 aliphatic rings. The fraction of sp³-hybridized carbons (Fsp3) is 1.00. The van der Waals surface area contributed by atoms with Gasteiger partial charge in [-0.3, -0.25) is 0 Å². The van der Waals surface area contributed by atoms with Gasteiger partial charge in [-0.25, -0.2) is 0 Å². The predicted molar refractivity (Wildman–Crippen MR) is 81.6 cm³/mol. The standard InChI is InChI=1S/2C8H18O.O.V/c2*1-2-3-4-5-6-7-8-9;;/h2*9H,2-8H2,1H3;;. The van der Waals surface area contributed by atoms with Gasteiger partial charge >= 0.3 is 21.0 Å². The summed E-state index contributed by atoms with van der Waals surface area (Å²) in [5, 5.41) is 16.8. The molecule has 0 unspecified atom stereocenters. The van der Waals surface area contributed by atoms with Crippen LogP contribution in [0, 0.1) is 0 Å². The van der Waals surface area contributed by atoms with E-state index in [1.807, 2.05) is 0 Å². The summed E-state index contributed by atoms with van der Waals surface area (Å²) in [6, 6.07) is 0. The van der Waals surface area contributed by atoms with Gasteiger partial charge in [0.25, 0.3) is 0 Å². The third-order valence-electron chi connectivity index (χ3n) is 3.02. The third kappa shape index (κ3) is 36.2. The number of rotatable bonds is 12. The Morgan fingerprint density at radius 3 is 1.05 bits per heavy atom. The summed E-state index contributed by atoms with van der Waals surface area (Å²) in [4.78, 5) is 0. The van der Waals surface area contributed by atoms with Gasteiger partial charge in [-0.1, -0.05) is 78.1 Å². The summed E-state index contributed by atoms with van der Waals surface area (Å²) in [7, 11) is 0. The van der Waals surface area contributed by atoms with Gasteiger partial charge in [-0.15, -0.1) is 0 Å². The fourth-order valence-electron chi connectivity index (χ4n) is 1.78. The Balaban J connectivity index is -0.000000257. The van der Waals surface area contributed by atoms with Crippen LogP contribution in [0.2, 0.25) is 0 Å². The molecule has 0 atom stereocenters. The molecule has 2 N–H and O–H groups in total. The summed E-state index contributed by atoms with van der Waals surface area (Å²) in [5.74, 6) is 0. The minimum absolute atomic E-state index is 0.367. The van der Waals surface area contributed by atoms with Crippen LogP contribution >= 0.6 is 0 Å². The Morgan fingerprint density at radius 1 is 0.550 bits per heavy atom. The van der Waals surface area contributed by atoms with Crippen LogP contribution in [-0.4, -0.2) is 23.4 Å².